The van der Waals surface area contributed by atoms with E-state index in [-0.39, 0.29) is 0 Å². The molecule has 78 valence electrons. The van der Waals surface area contributed by atoms with Crippen LogP contribution in [0.3, 0.4) is 0 Å². The summed E-state index contributed by atoms with van der Waals surface area (Å²) in [7, 11) is 0. The molecule has 3 nitrogen and oxygen atoms in total. The second kappa shape index (κ2) is 4.94. The van der Waals surface area contributed by atoms with Crippen LogP contribution in [0, 0.1) is 0 Å². The van der Waals surface area contributed by atoms with Gasteiger partial charge in [-0.25, -0.2) is 0 Å². The monoisotopic (exact) mass is 257 g/mol. The van der Waals surface area contributed by atoms with Crippen LogP contribution in [0.1, 0.15) is 19.3 Å². The molecule has 1 aromatic heterocycles. The predicted octanol–water partition coefficient (Wildman–Crippen LogP) is 2.13. The third kappa shape index (κ3) is 2.82. The summed E-state index contributed by atoms with van der Waals surface area (Å²) >= 11 is 3.40. The Labute approximate surface area is 93.2 Å². The van der Waals surface area contributed by atoms with E-state index in [4.69, 9.17) is 0 Å². The zero-order valence-corrected chi connectivity index (χ0v) is 9.91. The van der Waals surface area contributed by atoms with Gasteiger partial charge in [-0.15, -0.1) is 0 Å². The van der Waals surface area contributed by atoms with Gasteiger partial charge < -0.3 is 4.90 Å². The van der Waals surface area contributed by atoms with Gasteiger partial charge in [-0.1, -0.05) is 0 Å². The van der Waals surface area contributed by atoms with Crippen LogP contribution in [0.2, 0.25) is 0 Å². The lowest BCUT2D eigenvalue weighted by molar-refractivity contribution is 0.322. The molecule has 14 heavy (non-hydrogen) atoms. The van der Waals surface area contributed by atoms with Crippen LogP contribution in [0.5, 0.6) is 0 Å². The Balaban J connectivity index is 1.67. The summed E-state index contributed by atoms with van der Waals surface area (Å²) in [6, 6.07) is 0. The van der Waals surface area contributed by atoms with Gasteiger partial charge in [-0.05, 0) is 54.8 Å². The van der Waals surface area contributed by atoms with Gasteiger partial charge in [0.2, 0.25) is 0 Å². The number of aryl methyl sites for hydroxylation is 1. The van der Waals surface area contributed by atoms with Crippen molar-refractivity contribution >= 4 is 15.9 Å². The lowest BCUT2D eigenvalue weighted by atomic mass is 10.4. The number of nitrogens with zero attached hydrogens (tertiary/aromatic N) is 3. The average Bonchev–Trinajstić information content (AvgIpc) is 2.77. The molecular formula is C10H16BrN3. The lowest BCUT2D eigenvalue weighted by Gasteiger charge is -2.13. The average molecular weight is 258 g/mol. The van der Waals surface area contributed by atoms with Crippen molar-refractivity contribution in [2.75, 3.05) is 19.6 Å². The summed E-state index contributed by atoms with van der Waals surface area (Å²) in [4.78, 5) is 2.54. The van der Waals surface area contributed by atoms with Crippen molar-refractivity contribution in [3.8, 4) is 0 Å². The Morgan fingerprint density at radius 1 is 1.29 bits per heavy atom. The molecule has 1 saturated heterocycles. The fourth-order valence-corrected chi connectivity index (χ4v) is 2.25. The van der Waals surface area contributed by atoms with Gasteiger partial charge in [0.1, 0.15) is 0 Å². The molecule has 4 heteroatoms. The third-order valence-electron chi connectivity index (χ3n) is 2.66. The zero-order valence-electron chi connectivity index (χ0n) is 8.32. The summed E-state index contributed by atoms with van der Waals surface area (Å²) < 4.78 is 3.07. The Kier molecular flexibility index (Phi) is 3.59. The molecule has 2 rings (SSSR count). The van der Waals surface area contributed by atoms with Crippen LogP contribution in [0.15, 0.2) is 16.9 Å². The molecule has 0 bridgehead atoms. The van der Waals surface area contributed by atoms with E-state index in [1.165, 1.54) is 38.9 Å². The molecule has 1 aromatic rings. The molecule has 0 unspecified atom stereocenters. The van der Waals surface area contributed by atoms with E-state index in [2.05, 4.69) is 25.9 Å². The van der Waals surface area contributed by atoms with Gasteiger partial charge >= 0.3 is 0 Å². The van der Waals surface area contributed by atoms with Gasteiger partial charge in [-0.2, -0.15) is 5.10 Å². The van der Waals surface area contributed by atoms with E-state index in [0.717, 1.165) is 11.0 Å². The largest absolute Gasteiger partial charge is 0.303 e. The molecule has 0 atom stereocenters. The summed E-state index contributed by atoms with van der Waals surface area (Å²) in [6.07, 6.45) is 7.84. The molecular weight excluding hydrogens is 242 g/mol. The maximum absolute atomic E-state index is 4.23. The summed E-state index contributed by atoms with van der Waals surface area (Å²) in [5, 5.41) is 4.23. The van der Waals surface area contributed by atoms with Crippen molar-refractivity contribution in [2.45, 2.75) is 25.8 Å². The van der Waals surface area contributed by atoms with Gasteiger partial charge in [-0.3, -0.25) is 4.68 Å². The van der Waals surface area contributed by atoms with Crippen LogP contribution in [-0.4, -0.2) is 34.3 Å². The Morgan fingerprint density at radius 3 is 2.71 bits per heavy atom. The molecule has 1 fully saturated rings. The maximum Gasteiger partial charge on any atom is 0.0632 e. The van der Waals surface area contributed by atoms with Gasteiger partial charge in [0.15, 0.2) is 0 Å². The van der Waals surface area contributed by atoms with E-state index in [1.807, 2.05) is 17.1 Å². The van der Waals surface area contributed by atoms with E-state index in [0.29, 0.717) is 0 Å². The van der Waals surface area contributed by atoms with Crippen molar-refractivity contribution in [3.63, 3.8) is 0 Å². The number of likely N-dealkylation sites (tertiary alicyclic amines) is 1. The summed E-state index contributed by atoms with van der Waals surface area (Å²) in [5.74, 6) is 0. The number of hydrogen-bond acceptors (Lipinski definition) is 2. The van der Waals surface area contributed by atoms with Crippen molar-refractivity contribution in [1.29, 1.82) is 0 Å². The molecule has 0 aliphatic carbocycles. The number of halogens is 1. The topological polar surface area (TPSA) is 21.1 Å². The number of aromatic nitrogens is 2. The van der Waals surface area contributed by atoms with Crippen LogP contribution in [-0.2, 0) is 6.54 Å². The number of hydrogen-bond donors (Lipinski definition) is 0. The molecule has 0 radical (unpaired) electrons. The second-order valence-corrected chi connectivity index (χ2v) is 4.74. The normalized spacial score (nSPS) is 17.8. The molecule has 1 aliphatic rings. The smallest absolute Gasteiger partial charge is 0.0632 e. The summed E-state index contributed by atoms with van der Waals surface area (Å²) in [6.45, 7) is 4.84. The Hall–Kier alpha value is -0.350. The first-order valence-corrected chi connectivity index (χ1v) is 6.04. The standard InChI is InChI=1S/C10H16BrN3/c11-10-8-12-14(9-10)7-3-6-13-4-1-2-5-13/h8-9H,1-7H2. The molecule has 0 amide bonds. The van der Waals surface area contributed by atoms with E-state index < -0.39 is 0 Å². The Bertz CT molecular complexity index is 279. The van der Waals surface area contributed by atoms with E-state index >= 15 is 0 Å². The highest BCUT2D eigenvalue weighted by molar-refractivity contribution is 9.10. The molecule has 0 spiro atoms. The second-order valence-electron chi connectivity index (χ2n) is 3.82. The predicted molar refractivity (Wildman–Crippen MR) is 60.2 cm³/mol. The molecule has 0 saturated carbocycles. The lowest BCUT2D eigenvalue weighted by Crippen LogP contribution is -2.21. The first-order chi connectivity index (χ1) is 6.84. The van der Waals surface area contributed by atoms with Gasteiger partial charge in [0.25, 0.3) is 0 Å². The first-order valence-electron chi connectivity index (χ1n) is 5.25. The molecule has 2 heterocycles. The highest BCUT2D eigenvalue weighted by Crippen LogP contribution is 2.09. The van der Waals surface area contributed by atoms with Crippen molar-refractivity contribution in [3.05, 3.63) is 16.9 Å². The highest BCUT2D eigenvalue weighted by atomic mass is 79.9. The highest BCUT2D eigenvalue weighted by Gasteiger charge is 2.10. The van der Waals surface area contributed by atoms with Crippen LogP contribution in [0.4, 0.5) is 0 Å². The molecule has 0 aromatic carbocycles. The minimum absolute atomic E-state index is 1.03. The van der Waals surface area contributed by atoms with Crippen molar-refractivity contribution < 1.29 is 0 Å². The first kappa shape index (κ1) is 10.2. The maximum atomic E-state index is 4.23. The van der Waals surface area contributed by atoms with Crippen LogP contribution in [0.25, 0.3) is 0 Å². The number of rotatable bonds is 4. The molecule has 0 N–H and O–H groups in total. The minimum atomic E-state index is 1.03. The van der Waals surface area contributed by atoms with Gasteiger partial charge in [0.05, 0.1) is 10.7 Å². The minimum Gasteiger partial charge on any atom is -0.303 e. The summed E-state index contributed by atoms with van der Waals surface area (Å²) in [5.41, 5.74) is 0. The SMILES string of the molecule is Brc1cnn(CCCN2CCCC2)c1. The van der Waals surface area contributed by atoms with Crippen LogP contribution < -0.4 is 0 Å². The fourth-order valence-electron chi connectivity index (χ4n) is 1.92. The Morgan fingerprint density at radius 2 is 2.07 bits per heavy atom. The van der Waals surface area contributed by atoms with Crippen molar-refractivity contribution in [1.82, 2.24) is 14.7 Å². The van der Waals surface area contributed by atoms with Gasteiger partial charge in [0, 0.05) is 12.7 Å². The fraction of sp³-hybridized carbons (Fsp3) is 0.700. The third-order valence-corrected chi connectivity index (χ3v) is 3.07. The zero-order chi connectivity index (χ0) is 9.80. The quantitative estimate of drug-likeness (QED) is 0.825. The molecule has 1 aliphatic heterocycles. The van der Waals surface area contributed by atoms with E-state index in [1.54, 1.807) is 0 Å². The van der Waals surface area contributed by atoms with E-state index in [9.17, 15) is 0 Å². The van der Waals surface area contributed by atoms with Crippen LogP contribution >= 0.6 is 15.9 Å². The van der Waals surface area contributed by atoms with Crippen molar-refractivity contribution in [2.24, 2.45) is 0 Å².